The van der Waals surface area contributed by atoms with Gasteiger partial charge in [0, 0.05) is 13.6 Å². The van der Waals surface area contributed by atoms with E-state index < -0.39 is 0 Å². The largest absolute Gasteiger partial charge is 0.489 e. The number of hydrogen-bond acceptors (Lipinski definition) is 1. The molecule has 2 aromatic rings. The highest BCUT2D eigenvalue weighted by molar-refractivity contribution is 14.1. The summed E-state index contributed by atoms with van der Waals surface area (Å²) in [6.45, 7) is 0.418. The Hall–Kier alpha value is -0.620. The van der Waals surface area contributed by atoms with Gasteiger partial charge in [-0.3, -0.25) is 0 Å². The van der Waals surface area contributed by atoms with Gasteiger partial charge in [0.05, 0.1) is 0 Å². The van der Waals surface area contributed by atoms with Crippen LogP contribution in [0.1, 0.15) is 5.56 Å². The molecule has 4 heteroatoms. The Kier molecular flexibility index (Phi) is 4.39. The summed E-state index contributed by atoms with van der Waals surface area (Å²) in [5.74, 6) is 0.558. The number of ether oxygens (including phenoxy) is 1. The van der Waals surface area contributed by atoms with Gasteiger partial charge in [0.15, 0.2) is 0 Å². The predicted octanol–water partition coefficient (Wildman–Crippen LogP) is 4.77. The first-order valence-corrected chi connectivity index (χ1v) is 6.84. The van der Waals surface area contributed by atoms with Crippen LogP contribution in [0.4, 0.5) is 4.39 Å². The molecule has 0 unspecified atom stereocenters. The van der Waals surface area contributed by atoms with Crippen molar-refractivity contribution in [3.05, 3.63) is 61.9 Å². The Morgan fingerprint density at radius 2 is 2.00 bits per heavy atom. The molecule has 0 heterocycles. The summed E-state index contributed by atoms with van der Waals surface area (Å²) in [6, 6.07) is 12.4. The van der Waals surface area contributed by atoms with E-state index in [1.54, 1.807) is 6.07 Å². The van der Waals surface area contributed by atoms with E-state index >= 15 is 0 Å². The fraction of sp³-hybridized carbons (Fsp3) is 0.0769. The van der Waals surface area contributed by atoms with Gasteiger partial charge in [-0.25, -0.2) is 4.39 Å². The van der Waals surface area contributed by atoms with Crippen molar-refractivity contribution in [3.8, 4) is 5.75 Å². The Bertz CT molecular complexity index is 531. The summed E-state index contributed by atoms with van der Waals surface area (Å²) in [6.07, 6.45) is 0. The first-order chi connectivity index (χ1) is 8.15. The molecule has 0 bridgehead atoms. The van der Waals surface area contributed by atoms with Crippen LogP contribution in [0.2, 0.25) is 0 Å². The average molecular weight is 407 g/mol. The topological polar surface area (TPSA) is 9.23 Å². The third-order valence-electron chi connectivity index (χ3n) is 2.21. The number of halogens is 3. The smallest absolute Gasteiger partial charge is 0.124 e. The number of hydrogen-bond donors (Lipinski definition) is 0. The minimum atomic E-state index is -0.255. The van der Waals surface area contributed by atoms with Crippen molar-refractivity contribution in [1.82, 2.24) is 0 Å². The second-order valence-corrected chi connectivity index (χ2v) is 5.58. The molecular weight excluding hydrogens is 398 g/mol. The first-order valence-electron chi connectivity index (χ1n) is 4.97. The van der Waals surface area contributed by atoms with Crippen LogP contribution in [0.25, 0.3) is 0 Å². The zero-order valence-electron chi connectivity index (χ0n) is 8.79. The fourth-order valence-electron chi connectivity index (χ4n) is 1.36. The van der Waals surface area contributed by atoms with E-state index in [0.717, 1.165) is 19.4 Å². The summed E-state index contributed by atoms with van der Waals surface area (Å²) in [5.41, 5.74) is 0.922. The molecule has 0 amide bonds. The van der Waals surface area contributed by atoms with Gasteiger partial charge in [-0.15, -0.1) is 0 Å². The van der Waals surface area contributed by atoms with E-state index in [2.05, 4.69) is 38.5 Å². The van der Waals surface area contributed by atoms with Gasteiger partial charge in [0.25, 0.3) is 0 Å². The van der Waals surface area contributed by atoms with Crippen molar-refractivity contribution >= 4 is 38.5 Å². The van der Waals surface area contributed by atoms with E-state index in [4.69, 9.17) is 4.74 Å². The highest BCUT2D eigenvalue weighted by atomic mass is 127. The molecule has 2 rings (SSSR count). The van der Waals surface area contributed by atoms with Crippen molar-refractivity contribution in [1.29, 1.82) is 0 Å². The van der Waals surface area contributed by atoms with Crippen LogP contribution >= 0.6 is 38.5 Å². The van der Waals surface area contributed by atoms with Gasteiger partial charge in [-0.05, 0) is 52.9 Å². The molecule has 0 aliphatic rings. The highest BCUT2D eigenvalue weighted by Gasteiger charge is 2.02. The van der Waals surface area contributed by atoms with Crippen molar-refractivity contribution in [2.24, 2.45) is 0 Å². The Labute approximate surface area is 121 Å². The second kappa shape index (κ2) is 5.82. The molecule has 0 atom stereocenters. The molecule has 0 N–H and O–H groups in total. The number of rotatable bonds is 3. The molecule has 2 aromatic carbocycles. The summed E-state index contributed by atoms with van der Waals surface area (Å²) in [7, 11) is 0. The van der Waals surface area contributed by atoms with Crippen LogP contribution in [-0.4, -0.2) is 0 Å². The molecule has 0 saturated carbocycles. The lowest BCUT2D eigenvalue weighted by Gasteiger charge is -2.08. The third kappa shape index (κ3) is 3.67. The van der Waals surface area contributed by atoms with Crippen LogP contribution in [0.3, 0.4) is 0 Å². The highest BCUT2D eigenvalue weighted by Crippen LogP contribution is 2.21. The van der Waals surface area contributed by atoms with E-state index in [-0.39, 0.29) is 5.82 Å². The van der Waals surface area contributed by atoms with Crippen LogP contribution < -0.4 is 4.74 Å². The quantitative estimate of drug-likeness (QED) is 0.667. The lowest BCUT2D eigenvalue weighted by Crippen LogP contribution is -1.97. The maximum atomic E-state index is 12.9. The Balaban J connectivity index is 2.07. The lowest BCUT2D eigenvalue weighted by atomic mass is 10.2. The van der Waals surface area contributed by atoms with Crippen molar-refractivity contribution < 1.29 is 9.13 Å². The molecule has 0 aliphatic carbocycles. The maximum absolute atomic E-state index is 12.9. The molecule has 17 heavy (non-hydrogen) atoms. The molecule has 88 valence electrons. The summed E-state index contributed by atoms with van der Waals surface area (Å²) < 4.78 is 20.4. The van der Waals surface area contributed by atoms with Crippen molar-refractivity contribution in [3.63, 3.8) is 0 Å². The first kappa shape index (κ1) is 12.8. The Morgan fingerprint density at radius 3 is 2.71 bits per heavy atom. The molecule has 0 aliphatic heterocycles. The van der Waals surface area contributed by atoms with Gasteiger partial charge >= 0.3 is 0 Å². The van der Waals surface area contributed by atoms with Gasteiger partial charge < -0.3 is 4.74 Å². The SMILES string of the molecule is Fc1ccc(COc2cccc(I)c2)c(Br)c1. The summed E-state index contributed by atoms with van der Waals surface area (Å²) in [4.78, 5) is 0. The minimum Gasteiger partial charge on any atom is -0.489 e. The standard InChI is InChI=1S/C13H9BrFIO/c14-13-6-10(15)5-4-9(13)8-17-12-3-1-2-11(16)7-12/h1-7H,8H2. The minimum absolute atomic E-state index is 0.255. The molecule has 1 nitrogen and oxygen atoms in total. The lowest BCUT2D eigenvalue weighted by molar-refractivity contribution is 0.305. The van der Waals surface area contributed by atoms with Crippen LogP contribution in [0, 0.1) is 9.39 Å². The van der Waals surface area contributed by atoms with Crippen LogP contribution in [-0.2, 0) is 6.61 Å². The zero-order valence-corrected chi connectivity index (χ0v) is 12.5. The average Bonchev–Trinajstić information content (AvgIpc) is 2.28. The second-order valence-electron chi connectivity index (χ2n) is 3.48. The normalized spacial score (nSPS) is 10.3. The van der Waals surface area contributed by atoms with Crippen LogP contribution in [0.15, 0.2) is 46.9 Å². The van der Waals surface area contributed by atoms with Gasteiger partial charge in [0.1, 0.15) is 18.2 Å². The van der Waals surface area contributed by atoms with E-state index in [1.807, 2.05) is 24.3 Å². The van der Waals surface area contributed by atoms with E-state index in [1.165, 1.54) is 12.1 Å². The summed E-state index contributed by atoms with van der Waals surface area (Å²) in [5, 5.41) is 0. The monoisotopic (exact) mass is 406 g/mol. The fourth-order valence-corrected chi connectivity index (χ4v) is 2.34. The van der Waals surface area contributed by atoms with Gasteiger partial charge in [0.2, 0.25) is 0 Å². The summed E-state index contributed by atoms with van der Waals surface area (Å²) >= 11 is 5.55. The molecule has 0 radical (unpaired) electrons. The Morgan fingerprint density at radius 1 is 1.18 bits per heavy atom. The van der Waals surface area contributed by atoms with E-state index in [0.29, 0.717) is 6.61 Å². The maximum Gasteiger partial charge on any atom is 0.124 e. The van der Waals surface area contributed by atoms with Crippen LogP contribution in [0.5, 0.6) is 5.75 Å². The van der Waals surface area contributed by atoms with Crippen molar-refractivity contribution in [2.45, 2.75) is 6.61 Å². The van der Waals surface area contributed by atoms with Crippen molar-refractivity contribution in [2.75, 3.05) is 0 Å². The molecule has 0 fully saturated rings. The third-order valence-corrected chi connectivity index (χ3v) is 3.61. The van der Waals surface area contributed by atoms with E-state index in [9.17, 15) is 4.39 Å². The molecule has 0 aromatic heterocycles. The number of benzene rings is 2. The molecular formula is C13H9BrFIO. The zero-order chi connectivity index (χ0) is 12.3. The van der Waals surface area contributed by atoms with Gasteiger partial charge in [-0.1, -0.05) is 28.1 Å². The molecule has 0 spiro atoms. The molecule has 0 saturated heterocycles. The van der Waals surface area contributed by atoms with Gasteiger partial charge in [-0.2, -0.15) is 0 Å². The predicted molar refractivity (Wildman–Crippen MR) is 77.6 cm³/mol.